The molecule has 10 heteroatoms. The molecule has 0 unspecified atom stereocenters. The Hall–Kier alpha value is -4.37. The second-order valence-electron chi connectivity index (χ2n) is 6.68. The van der Waals surface area contributed by atoms with E-state index in [0.29, 0.717) is 11.5 Å². The summed E-state index contributed by atoms with van der Waals surface area (Å²) in [6.07, 6.45) is 1.16. The van der Waals surface area contributed by atoms with Gasteiger partial charge in [-0.3, -0.25) is 14.9 Å². The Morgan fingerprint density at radius 1 is 1.00 bits per heavy atom. The van der Waals surface area contributed by atoms with E-state index in [1.807, 2.05) is 0 Å². The van der Waals surface area contributed by atoms with Gasteiger partial charge in [-0.25, -0.2) is 4.79 Å². The predicted octanol–water partition coefficient (Wildman–Crippen LogP) is 5.37. The molecule has 0 spiro atoms. The number of nitrogens with zero attached hydrogens (tertiary/aromatic N) is 1. The number of esters is 1. The lowest BCUT2D eigenvalue weighted by atomic mass is 10.2. The average Bonchev–Trinajstić information content (AvgIpc) is 2.81. The molecule has 4 rings (SSSR count). The van der Waals surface area contributed by atoms with Crippen molar-refractivity contribution in [2.24, 2.45) is 0 Å². The number of methoxy groups -OCH3 is 1. The van der Waals surface area contributed by atoms with Crippen LogP contribution in [-0.4, -0.2) is 18.0 Å². The minimum absolute atomic E-state index is 0.0185. The SMILES string of the molecule is COc1ccc(Oc2coc3cc(OC(=O)c4ccc([N+](=O)[O-])cc4Cl)ccc3c2=O)cc1. The summed E-state index contributed by atoms with van der Waals surface area (Å²) in [5.41, 5.74) is -0.547. The van der Waals surface area contributed by atoms with E-state index in [1.54, 1.807) is 31.4 Å². The number of rotatable bonds is 6. The molecule has 3 aromatic carbocycles. The number of carbonyl (C=O) groups excluding carboxylic acids is 1. The maximum atomic E-state index is 12.8. The molecule has 0 aliphatic heterocycles. The fourth-order valence-corrected chi connectivity index (χ4v) is 3.19. The van der Waals surface area contributed by atoms with E-state index < -0.39 is 16.3 Å². The fourth-order valence-electron chi connectivity index (χ4n) is 2.94. The Morgan fingerprint density at radius 2 is 1.70 bits per heavy atom. The number of ether oxygens (including phenoxy) is 3. The molecule has 0 radical (unpaired) electrons. The lowest BCUT2D eigenvalue weighted by Gasteiger charge is -2.08. The third kappa shape index (κ3) is 4.63. The van der Waals surface area contributed by atoms with E-state index in [2.05, 4.69) is 0 Å². The molecule has 1 aromatic heterocycles. The van der Waals surface area contributed by atoms with Crippen LogP contribution in [-0.2, 0) is 0 Å². The van der Waals surface area contributed by atoms with Gasteiger partial charge < -0.3 is 18.6 Å². The Labute approximate surface area is 190 Å². The molecule has 1 heterocycles. The van der Waals surface area contributed by atoms with Crippen molar-refractivity contribution < 1.29 is 28.3 Å². The van der Waals surface area contributed by atoms with Gasteiger partial charge >= 0.3 is 5.97 Å². The zero-order chi connectivity index (χ0) is 23.5. The van der Waals surface area contributed by atoms with Gasteiger partial charge in [0.05, 0.1) is 28.0 Å². The van der Waals surface area contributed by atoms with Crippen molar-refractivity contribution in [3.63, 3.8) is 0 Å². The van der Waals surface area contributed by atoms with Crippen molar-refractivity contribution in [3.8, 4) is 23.0 Å². The minimum atomic E-state index is -0.823. The third-order valence-electron chi connectivity index (χ3n) is 4.60. The average molecular weight is 468 g/mol. The molecule has 33 heavy (non-hydrogen) atoms. The van der Waals surface area contributed by atoms with Crippen LogP contribution in [0.2, 0.25) is 5.02 Å². The van der Waals surface area contributed by atoms with Gasteiger partial charge in [0.2, 0.25) is 11.2 Å². The number of nitro groups is 1. The van der Waals surface area contributed by atoms with Gasteiger partial charge in [-0.05, 0) is 42.5 Å². The molecular formula is C23H14ClNO8. The second kappa shape index (κ2) is 9.01. The normalized spacial score (nSPS) is 10.6. The van der Waals surface area contributed by atoms with E-state index in [4.69, 9.17) is 30.2 Å². The van der Waals surface area contributed by atoms with Gasteiger partial charge in [-0.15, -0.1) is 0 Å². The standard InChI is InChI=1S/C23H14ClNO8/c1-30-14-3-5-15(6-4-14)32-21-12-31-20-11-16(7-9-18(20)22(21)26)33-23(27)17-8-2-13(25(28)29)10-19(17)24/h2-12H,1H3. The Bertz CT molecular complexity index is 1430. The number of fused-ring (bicyclic) bond motifs is 1. The Balaban J connectivity index is 1.56. The summed E-state index contributed by atoms with van der Waals surface area (Å²) in [7, 11) is 1.54. The molecule has 0 fully saturated rings. The first kappa shape index (κ1) is 21.8. The Morgan fingerprint density at radius 3 is 2.36 bits per heavy atom. The van der Waals surface area contributed by atoms with Crippen molar-refractivity contribution in [3.05, 3.63) is 97.9 Å². The summed E-state index contributed by atoms with van der Waals surface area (Å²) >= 11 is 5.97. The lowest BCUT2D eigenvalue weighted by molar-refractivity contribution is -0.384. The summed E-state index contributed by atoms with van der Waals surface area (Å²) < 4.78 is 21.5. The number of carbonyl (C=O) groups is 1. The van der Waals surface area contributed by atoms with Gasteiger partial charge in [0.15, 0.2) is 0 Å². The van der Waals surface area contributed by atoms with Gasteiger partial charge in [0, 0.05) is 18.2 Å². The van der Waals surface area contributed by atoms with Crippen LogP contribution in [0.25, 0.3) is 11.0 Å². The van der Waals surface area contributed by atoms with E-state index in [1.165, 1.54) is 24.3 Å². The summed E-state index contributed by atoms with van der Waals surface area (Å²) in [5.74, 6) is 0.318. The van der Waals surface area contributed by atoms with Crippen molar-refractivity contribution >= 4 is 34.2 Å². The molecule has 9 nitrogen and oxygen atoms in total. The Kier molecular flexibility index (Phi) is 5.97. The highest BCUT2D eigenvalue weighted by molar-refractivity contribution is 6.33. The molecule has 4 aromatic rings. The first-order valence-electron chi connectivity index (χ1n) is 9.39. The molecule has 166 valence electrons. The quantitative estimate of drug-likeness (QED) is 0.160. The molecular weight excluding hydrogens is 454 g/mol. The maximum absolute atomic E-state index is 12.8. The first-order chi connectivity index (χ1) is 15.9. The number of hydrogen-bond acceptors (Lipinski definition) is 8. The smallest absolute Gasteiger partial charge is 0.345 e. The molecule has 0 bridgehead atoms. The third-order valence-corrected chi connectivity index (χ3v) is 4.91. The van der Waals surface area contributed by atoms with E-state index in [-0.39, 0.29) is 38.7 Å². The highest BCUT2D eigenvalue weighted by Gasteiger charge is 2.18. The van der Waals surface area contributed by atoms with E-state index >= 15 is 0 Å². The number of benzene rings is 3. The molecule has 0 saturated carbocycles. The van der Waals surface area contributed by atoms with Gasteiger partial charge in [-0.1, -0.05) is 11.6 Å². The van der Waals surface area contributed by atoms with Gasteiger partial charge in [-0.2, -0.15) is 0 Å². The molecule has 0 atom stereocenters. The number of halogens is 1. The van der Waals surface area contributed by atoms with Crippen LogP contribution in [0.1, 0.15) is 10.4 Å². The van der Waals surface area contributed by atoms with E-state index in [9.17, 15) is 19.7 Å². The zero-order valence-corrected chi connectivity index (χ0v) is 17.7. The molecule has 0 amide bonds. The van der Waals surface area contributed by atoms with Crippen molar-refractivity contribution in [1.82, 2.24) is 0 Å². The zero-order valence-electron chi connectivity index (χ0n) is 16.9. The van der Waals surface area contributed by atoms with Crippen LogP contribution in [0.15, 0.2) is 76.1 Å². The maximum Gasteiger partial charge on any atom is 0.345 e. The largest absolute Gasteiger partial charge is 0.497 e. The van der Waals surface area contributed by atoms with Crippen LogP contribution >= 0.6 is 11.6 Å². The molecule has 0 saturated heterocycles. The lowest BCUT2D eigenvalue weighted by Crippen LogP contribution is -2.10. The van der Waals surface area contributed by atoms with Gasteiger partial charge in [0.1, 0.15) is 29.1 Å². The van der Waals surface area contributed by atoms with Crippen molar-refractivity contribution in [1.29, 1.82) is 0 Å². The minimum Gasteiger partial charge on any atom is -0.497 e. The molecule has 0 aliphatic carbocycles. The molecule has 0 aliphatic rings. The first-order valence-corrected chi connectivity index (χ1v) is 9.77. The topological polar surface area (TPSA) is 118 Å². The summed E-state index contributed by atoms with van der Waals surface area (Å²) in [6.45, 7) is 0. The van der Waals surface area contributed by atoms with E-state index in [0.717, 1.165) is 18.4 Å². The highest BCUT2D eigenvalue weighted by atomic mass is 35.5. The highest BCUT2D eigenvalue weighted by Crippen LogP contribution is 2.27. The number of hydrogen-bond donors (Lipinski definition) is 0. The van der Waals surface area contributed by atoms with Crippen LogP contribution in [0.3, 0.4) is 0 Å². The molecule has 0 N–H and O–H groups in total. The summed E-state index contributed by atoms with van der Waals surface area (Å²) in [5, 5.41) is 10.9. The van der Waals surface area contributed by atoms with Crippen LogP contribution < -0.4 is 19.6 Å². The number of nitro benzene ring substituents is 1. The van der Waals surface area contributed by atoms with Gasteiger partial charge in [0.25, 0.3) is 5.69 Å². The van der Waals surface area contributed by atoms with Crippen LogP contribution in [0, 0.1) is 10.1 Å². The summed E-state index contributed by atoms with van der Waals surface area (Å²) in [6, 6.07) is 14.3. The van der Waals surface area contributed by atoms with Crippen LogP contribution in [0.4, 0.5) is 5.69 Å². The second-order valence-corrected chi connectivity index (χ2v) is 7.08. The predicted molar refractivity (Wildman–Crippen MR) is 119 cm³/mol. The van der Waals surface area contributed by atoms with Crippen molar-refractivity contribution in [2.75, 3.05) is 7.11 Å². The summed E-state index contributed by atoms with van der Waals surface area (Å²) in [4.78, 5) is 35.4. The monoisotopic (exact) mass is 467 g/mol. The number of non-ortho nitro benzene ring substituents is 1. The van der Waals surface area contributed by atoms with Crippen molar-refractivity contribution in [2.45, 2.75) is 0 Å². The van der Waals surface area contributed by atoms with Crippen LogP contribution in [0.5, 0.6) is 23.0 Å². The fraction of sp³-hybridized carbons (Fsp3) is 0.0435.